The number of phenols is 1. The van der Waals surface area contributed by atoms with E-state index in [9.17, 15) is 0 Å². The fourth-order valence-corrected chi connectivity index (χ4v) is 1.68. The van der Waals surface area contributed by atoms with E-state index in [1.54, 1.807) is 12.1 Å². The van der Waals surface area contributed by atoms with E-state index in [0.29, 0.717) is 11.7 Å². The summed E-state index contributed by atoms with van der Waals surface area (Å²) in [6.07, 6.45) is 0. The number of halogens is 1. The third-order valence-corrected chi connectivity index (χ3v) is 2.32. The lowest BCUT2D eigenvalue weighted by atomic mass is 10.0. The average molecular weight is 215 g/mol. The molecule has 1 aromatic carbocycles. The Labute approximate surface area is 75.2 Å². The molecular weight excluding hydrogens is 204 g/mol. The molecule has 0 unspecified atom stereocenters. The van der Waals surface area contributed by atoms with Crippen LogP contribution in [0.1, 0.15) is 25.3 Å². The molecule has 1 aromatic rings. The Morgan fingerprint density at radius 1 is 1.36 bits per heavy atom. The smallest absolute Gasteiger partial charge is 0.115 e. The highest BCUT2D eigenvalue weighted by Gasteiger charge is 2.04. The van der Waals surface area contributed by atoms with Gasteiger partial charge in [0.05, 0.1) is 0 Å². The van der Waals surface area contributed by atoms with Crippen LogP contribution in [0.25, 0.3) is 0 Å². The van der Waals surface area contributed by atoms with Gasteiger partial charge in [-0.25, -0.2) is 0 Å². The first-order valence-corrected chi connectivity index (χ1v) is 4.39. The Morgan fingerprint density at radius 2 is 2.00 bits per heavy atom. The van der Waals surface area contributed by atoms with Crippen LogP contribution in [0, 0.1) is 0 Å². The Bertz CT molecular complexity index is 256. The molecular formula is C9H11BrO. The van der Waals surface area contributed by atoms with Crippen LogP contribution >= 0.6 is 15.9 Å². The summed E-state index contributed by atoms with van der Waals surface area (Å²) in [6.45, 7) is 4.19. The van der Waals surface area contributed by atoms with Gasteiger partial charge in [-0.2, -0.15) is 0 Å². The molecule has 0 aromatic heterocycles. The van der Waals surface area contributed by atoms with Crippen molar-refractivity contribution in [1.82, 2.24) is 0 Å². The molecule has 0 aliphatic heterocycles. The molecule has 0 saturated carbocycles. The van der Waals surface area contributed by atoms with Crippen LogP contribution in [0.2, 0.25) is 0 Å². The van der Waals surface area contributed by atoms with Crippen molar-refractivity contribution in [3.05, 3.63) is 28.2 Å². The van der Waals surface area contributed by atoms with Gasteiger partial charge in [0.25, 0.3) is 0 Å². The second-order valence-corrected chi connectivity index (χ2v) is 3.71. The van der Waals surface area contributed by atoms with E-state index in [0.717, 1.165) is 10.0 Å². The number of hydrogen-bond donors (Lipinski definition) is 1. The van der Waals surface area contributed by atoms with Crippen molar-refractivity contribution in [2.75, 3.05) is 0 Å². The Kier molecular flexibility index (Phi) is 2.55. The number of hydrogen-bond acceptors (Lipinski definition) is 1. The molecule has 0 aliphatic rings. The zero-order valence-corrected chi connectivity index (χ0v) is 8.22. The molecule has 0 amide bonds. The molecule has 1 rings (SSSR count). The van der Waals surface area contributed by atoms with Crippen LogP contribution in [0.5, 0.6) is 5.75 Å². The molecule has 1 nitrogen and oxygen atoms in total. The van der Waals surface area contributed by atoms with Crippen LogP contribution in [0.3, 0.4) is 0 Å². The van der Waals surface area contributed by atoms with Crippen LogP contribution in [0.4, 0.5) is 0 Å². The van der Waals surface area contributed by atoms with Crippen molar-refractivity contribution in [2.24, 2.45) is 0 Å². The van der Waals surface area contributed by atoms with Gasteiger partial charge in [-0.1, -0.05) is 29.8 Å². The predicted molar refractivity (Wildman–Crippen MR) is 49.9 cm³/mol. The molecule has 0 bridgehead atoms. The SMILES string of the molecule is CC(C)c1cc(O)ccc1Br. The summed E-state index contributed by atoms with van der Waals surface area (Å²) in [6, 6.07) is 5.33. The summed E-state index contributed by atoms with van der Waals surface area (Å²) in [4.78, 5) is 0. The molecule has 60 valence electrons. The number of aromatic hydroxyl groups is 1. The van der Waals surface area contributed by atoms with Gasteiger partial charge >= 0.3 is 0 Å². The molecule has 0 aliphatic carbocycles. The molecule has 0 saturated heterocycles. The van der Waals surface area contributed by atoms with Crippen LogP contribution in [-0.2, 0) is 0 Å². The first-order chi connectivity index (χ1) is 5.11. The lowest BCUT2D eigenvalue weighted by Gasteiger charge is -2.07. The lowest BCUT2D eigenvalue weighted by molar-refractivity contribution is 0.474. The summed E-state index contributed by atoms with van der Waals surface area (Å²) in [5.41, 5.74) is 1.14. The van der Waals surface area contributed by atoms with Gasteiger partial charge in [0, 0.05) is 4.47 Å². The van der Waals surface area contributed by atoms with Gasteiger partial charge < -0.3 is 5.11 Å². The molecule has 0 spiro atoms. The van der Waals surface area contributed by atoms with E-state index in [1.165, 1.54) is 0 Å². The van der Waals surface area contributed by atoms with Crippen molar-refractivity contribution < 1.29 is 5.11 Å². The fraction of sp³-hybridized carbons (Fsp3) is 0.333. The maximum absolute atomic E-state index is 9.17. The van der Waals surface area contributed by atoms with Crippen molar-refractivity contribution in [2.45, 2.75) is 19.8 Å². The Balaban J connectivity index is 3.13. The van der Waals surface area contributed by atoms with Gasteiger partial charge in [0.15, 0.2) is 0 Å². The third kappa shape index (κ3) is 1.96. The van der Waals surface area contributed by atoms with E-state index in [1.807, 2.05) is 6.07 Å². The van der Waals surface area contributed by atoms with Crippen LogP contribution < -0.4 is 0 Å². The zero-order chi connectivity index (χ0) is 8.43. The molecule has 1 N–H and O–H groups in total. The van der Waals surface area contributed by atoms with Crippen molar-refractivity contribution in [1.29, 1.82) is 0 Å². The largest absolute Gasteiger partial charge is 0.508 e. The topological polar surface area (TPSA) is 20.2 Å². The van der Waals surface area contributed by atoms with E-state index in [2.05, 4.69) is 29.8 Å². The molecule has 0 atom stereocenters. The minimum absolute atomic E-state index is 0.330. The van der Waals surface area contributed by atoms with E-state index < -0.39 is 0 Å². The Morgan fingerprint density at radius 3 is 2.45 bits per heavy atom. The fourth-order valence-electron chi connectivity index (χ4n) is 0.974. The maximum atomic E-state index is 9.17. The lowest BCUT2D eigenvalue weighted by Crippen LogP contribution is -1.87. The predicted octanol–water partition coefficient (Wildman–Crippen LogP) is 3.28. The monoisotopic (exact) mass is 214 g/mol. The van der Waals surface area contributed by atoms with Crippen LogP contribution in [-0.4, -0.2) is 5.11 Å². The Hall–Kier alpha value is -0.500. The third-order valence-electron chi connectivity index (χ3n) is 1.60. The molecule has 2 heteroatoms. The van der Waals surface area contributed by atoms with Gasteiger partial charge in [0.1, 0.15) is 5.75 Å². The van der Waals surface area contributed by atoms with Gasteiger partial charge in [-0.05, 0) is 29.7 Å². The molecule has 0 radical (unpaired) electrons. The van der Waals surface area contributed by atoms with Gasteiger partial charge in [-0.3, -0.25) is 0 Å². The summed E-state index contributed by atoms with van der Waals surface area (Å²) in [7, 11) is 0. The van der Waals surface area contributed by atoms with Crippen molar-refractivity contribution in [3.8, 4) is 5.75 Å². The van der Waals surface area contributed by atoms with E-state index >= 15 is 0 Å². The summed E-state index contributed by atoms with van der Waals surface area (Å²) < 4.78 is 1.06. The highest BCUT2D eigenvalue weighted by molar-refractivity contribution is 9.10. The normalized spacial score (nSPS) is 10.5. The summed E-state index contributed by atoms with van der Waals surface area (Å²) in [5.74, 6) is 0.772. The number of benzene rings is 1. The second-order valence-electron chi connectivity index (χ2n) is 2.86. The minimum atomic E-state index is 0.330. The first kappa shape index (κ1) is 8.60. The molecule has 0 fully saturated rings. The summed E-state index contributed by atoms with van der Waals surface area (Å²) >= 11 is 3.42. The highest BCUT2D eigenvalue weighted by Crippen LogP contribution is 2.27. The molecule has 11 heavy (non-hydrogen) atoms. The average Bonchev–Trinajstić information content (AvgIpc) is 1.94. The molecule has 0 heterocycles. The number of phenolic OH excluding ortho intramolecular Hbond substituents is 1. The van der Waals surface area contributed by atoms with Gasteiger partial charge in [-0.15, -0.1) is 0 Å². The maximum Gasteiger partial charge on any atom is 0.115 e. The highest BCUT2D eigenvalue weighted by atomic mass is 79.9. The van der Waals surface area contributed by atoms with E-state index in [4.69, 9.17) is 5.11 Å². The standard InChI is InChI=1S/C9H11BrO/c1-6(2)8-5-7(11)3-4-9(8)10/h3-6,11H,1-2H3. The second kappa shape index (κ2) is 3.26. The quantitative estimate of drug-likeness (QED) is 0.762. The summed E-state index contributed by atoms with van der Waals surface area (Å²) in [5, 5.41) is 9.17. The first-order valence-electron chi connectivity index (χ1n) is 3.59. The number of rotatable bonds is 1. The van der Waals surface area contributed by atoms with E-state index in [-0.39, 0.29) is 0 Å². The van der Waals surface area contributed by atoms with Crippen molar-refractivity contribution in [3.63, 3.8) is 0 Å². The minimum Gasteiger partial charge on any atom is -0.508 e. The zero-order valence-electron chi connectivity index (χ0n) is 6.63. The van der Waals surface area contributed by atoms with Crippen LogP contribution in [0.15, 0.2) is 22.7 Å². The van der Waals surface area contributed by atoms with Gasteiger partial charge in [0.2, 0.25) is 0 Å². The van der Waals surface area contributed by atoms with Crippen molar-refractivity contribution >= 4 is 15.9 Å².